The van der Waals surface area contributed by atoms with E-state index in [4.69, 9.17) is 9.47 Å². The highest BCUT2D eigenvalue weighted by Gasteiger charge is 2.29. The maximum Gasteiger partial charge on any atom is 0.241 e. The van der Waals surface area contributed by atoms with Crippen LogP contribution in [0.1, 0.15) is 13.3 Å². The molecule has 2 aliphatic heterocycles. The molecule has 0 saturated carbocycles. The molecular weight excluding hydrogens is 437 g/mol. The summed E-state index contributed by atoms with van der Waals surface area (Å²) in [6.45, 7) is 4.56. The van der Waals surface area contributed by atoms with Crippen LogP contribution in [0.3, 0.4) is 0 Å². The van der Waals surface area contributed by atoms with Gasteiger partial charge in [0, 0.05) is 44.4 Å². The Morgan fingerprint density at radius 3 is 2.34 bits per heavy atom. The normalized spacial score (nSPS) is 17.6. The number of ether oxygens (including phenoxy) is 2. The highest BCUT2D eigenvalue weighted by atomic mass is 32.2. The molecule has 0 unspecified atom stereocenters. The molecule has 2 aromatic carbocycles. The zero-order valence-electron chi connectivity index (χ0n) is 17.8. The summed E-state index contributed by atoms with van der Waals surface area (Å²) in [4.78, 5) is 16.6. The first kappa shape index (κ1) is 22.3. The van der Waals surface area contributed by atoms with Gasteiger partial charge >= 0.3 is 0 Å². The van der Waals surface area contributed by atoms with Gasteiger partial charge in [0.15, 0.2) is 11.5 Å². The number of amides is 1. The van der Waals surface area contributed by atoms with E-state index < -0.39 is 16.1 Å². The van der Waals surface area contributed by atoms with Gasteiger partial charge in [-0.3, -0.25) is 4.79 Å². The standard InChI is InChI=1S/C22H26FN3O5S/c1-16(22(27)26-11-9-25(10-12-26)18-5-3-17(23)4-6-18)24-32(28,29)19-7-8-20-21(15-19)31-14-2-13-30-20/h3-8,15-16,24H,2,9-14H2,1H3/t16-/m0/s1. The van der Waals surface area contributed by atoms with Gasteiger partial charge in [-0.15, -0.1) is 0 Å². The van der Waals surface area contributed by atoms with Gasteiger partial charge in [0.1, 0.15) is 5.82 Å². The number of benzene rings is 2. The quantitative estimate of drug-likeness (QED) is 0.730. The summed E-state index contributed by atoms with van der Waals surface area (Å²) >= 11 is 0. The van der Waals surface area contributed by atoms with Crippen molar-refractivity contribution >= 4 is 21.6 Å². The fraction of sp³-hybridized carbons (Fsp3) is 0.409. The van der Waals surface area contributed by atoms with Crippen LogP contribution in [0.2, 0.25) is 0 Å². The van der Waals surface area contributed by atoms with Crippen molar-refractivity contribution in [1.29, 1.82) is 0 Å². The molecule has 1 atom stereocenters. The highest BCUT2D eigenvalue weighted by Crippen LogP contribution is 2.32. The summed E-state index contributed by atoms with van der Waals surface area (Å²) in [5, 5.41) is 0. The number of hydrogen-bond donors (Lipinski definition) is 1. The van der Waals surface area contributed by atoms with Crippen LogP contribution in [0.25, 0.3) is 0 Å². The van der Waals surface area contributed by atoms with Gasteiger partial charge in [-0.05, 0) is 43.3 Å². The fourth-order valence-electron chi connectivity index (χ4n) is 3.77. The fourth-order valence-corrected chi connectivity index (χ4v) is 4.98. The number of carbonyl (C=O) groups excluding carboxylic acids is 1. The first-order valence-corrected chi connectivity index (χ1v) is 12.0. The minimum atomic E-state index is -3.93. The van der Waals surface area contributed by atoms with Crippen molar-refractivity contribution in [1.82, 2.24) is 9.62 Å². The Labute approximate surface area is 187 Å². The molecule has 2 aromatic rings. The monoisotopic (exact) mass is 463 g/mol. The summed E-state index contributed by atoms with van der Waals surface area (Å²) in [6.07, 6.45) is 0.717. The van der Waals surface area contributed by atoms with E-state index in [9.17, 15) is 17.6 Å². The van der Waals surface area contributed by atoms with Gasteiger partial charge in [-0.1, -0.05) is 0 Å². The van der Waals surface area contributed by atoms with Crippen molar-refractivity contribution in [2.24, 2.45) is 0 Å². The smallest absolute Gasteiger partial charge is 0.241 e. The van der Waals surface area contributed by atoms with E-state index in [2.05, 4.69) is 9.62 Å². The molecule has 32 heavy (non-hydrogen) atoms. The van der Waals surface area contributed by atoms with E-state index in [1.54, 1.807) is 23.1 Å². The zero-order chi connectivity index (χ0) is 22.7. The van der Waals surface area contributed by atoms with Crippen LogP contribution >= 0.6 is 0 Å². The molecule has 2 aliphatic rings. The topological polar surface area (TPSA) is 88.2 Å². The summed E-state index contributed by atoms with van der Waals surface area (Å²) in [7, 11) is -3.93. The Morgan fingerprint density at radius 1 is 1.00 bits per heavy atom. The van der Waals surface area contributed by atoms with Crippen molar-refractivity contribution < 1.29 is 27.1 Å². The lowest BCUT2D eigenvalue weighted by molar-refractivity contribution is -0.132. The minimum Gasteiger partial charge on any atom is -0.490 e. The first-order chi connectivity index (χ1) is 15.3. The lowest BCUT2D eigenvalue weighted by atomic mass is 10.2. The van der Waals surface area contributed by atoms with Gasteiger partial charge in [-0.25, -0.2) is 12.8 Å². The summed E-state index contributed by atoms with van der Waals surface area (Å²) < 4.78 is 52.4. The molecule has 1 saturated heterocycles. The molecule has 4 rings (SSSR count). The van der Waals surface area contributed by atoms with Crippen LogP contribution in [0, 0.1) is 5.82 Å². The molecule has 1 N–H and O–H groups in total. The van der Waals surface area contributed by atoms with Gasteiger partial charge in [0.2, 0.25) is 15.9 Å². The van der Waals surface area contributed by atoms with Crippen LogP contribution in [0.5, 0.6) is 11.5 Å². The van der Waals surface area contributed by atoms with E-state index >= 15 is 0 Å². The summed E-state index contributed by atoms with van der Waals surface area (Å²) in [5.74, 6) is 0.296. The lowest BCUT2D eigenvalue weighted by Gasteiger charge is -2.37. The Hall–Kier alpha value is -2.85. The molecule has 1 amide bonds. The van der Waals surface area contributed by atoms with Crippen LogP contribution in [-0.4, -0.2) is 64.7 Å². The second kappa shape index (κ2) is 9.33. The van der Waals surface area contributed by atoms with Gasteiger partial charge in [0.05, 0.1) is 24.2 Å². The van der Waals surface area contributed by atoms with E-state index in [1.165, 1.54) is 31.2 Å². The molecule has 8 nitrogen and oxygen atoms in total. The van der Waals surface area contributed by atoms with Crippen LogP contribution < -0.4 is 19.1 Å². The number of nitrogens with one attached hydrogen (secondary N) is 1. The first-order valence-electron chi connectivity index (χ1n) is 10.5. The maximum absolute atomic E-state index is 13.1. The third-order valence-electron chi connectivity index (χ3n) is 5.51. The van der Waals surface area contributed by atoms with Gasteiger partial charge in [0.25, 0.3) is 0 Å². The van der Waals surface area contributed by atoms with Crippen LogP contribution in [-0.2, 0) is 14.8 Å². The number of hydrogen-bond acceptors (Lipinski definition) is 6. The Bertz CT molecular complexity index is 1070. The van der Waals surface area contributed by atoms with E-state index in [1.807, 2.05) is 0 Å². The second-order valence-electron chi connectivity index (χ2n) is 7.79. The van der Waals surface area contributed by atoms with Crippen LogP contribution in [0.4, 0.5) is 10.1 Å². The molecule has 0 radical (unpaired) electrons. The van der Waals surface area contributed by atoms with E-state index in [-0.39, 0.29) is 16.6 Å². The number of carbonyl (C=O) groups is 1. The Kier molecular flexibility index (Phi) is 6.52. The van der Waals surface area contributed by atoms with Crippen molar-refractivity contribution in [3.8, 4) is 11.5 Å². The molecule has 10 heteroatoms. The third kappa shape index (κ3) is 4.97. The average molecular weight is 464 g/mol. The van der Waals surface area contributed by atoms with Crippen LogP contribution in [0.15, 0.2) is 47.4 Å². The number of fused-ring (bicyclic) bond motifs is 1. The largest absolute Gasteiger partial charge is 0.490 e. The number of nitrogens with zero attached hydrogens (tertiary/aromatic N) is 2. The molecule has 0 aromatic heterocycles. The second-order valence-corrected chi connectivity index (χ2v) is 9.50. The number of halogens is 1. The third-order valence-corrected chi connectivity index (χ3v) is 7.05. The Morgan fingerprint density at radius 2 is 1.66 bits per heavy atom. The SMILES string of the molecule is C[C@H](NS(=O)(=O)c1ccc2c(c1)OCCCO2)C(=O)N1CCN(c2ccc(F)cc2)CC1. The molecule has 0 bridgehead atoms. The number of anilines is 1. The number of rotatable bonds is 5. The van der Waals surface area contributed by atoms with Crippen molar-refractivity contribution in [3.05, 3.63) is 48.3 Å². The minimum absolute atomic E-state index is 0.0162. The highest BCUT2D eigenvalue weighted by molar-refractivity contribution is 7.89. The summed E-state index contributed by atoms with van der Waals surface area (Å²) in [5.41, 5.74) is 0.890. The maximum atomic E-state index is 13.1. The summed E-state index contributed by atoms with van der Waals surface area (Å²) in [6, 6.07) is 9.73. The molecule has 1 fully saturated rings. The molecule has 0 aliphatic carbocycles. The lowest BCUT2D eigenvalue weighted by Crippen LogP contribution is -2.54. The number of piperazine rings is 1. The van der Waals surface area contributed by atoms with Crippen molar-refractivity contribution in [2.45, 2.75) is 24.3 Å². The average Bonchev–Trinajstić information content (AvgIpc) is 3.04. The molecular formula is C22H26FN3O5S. The van der Waals surface area contributed by atoms with E-state index in [0.29, 0.717) is 50.9 Å². The molecule has 172 valence electrons. The predicted molar refractivity (Wildman–Crippen MR) is 117 cm³/mol. The van der Waals surface area contributed by atoms with Crippen molar-refractivity contribution in [2.75, 3.05) is 44.3 Å². The molecule has 0 spiro atoms. The van der Waals surface area contributed by atoms with E-state index in [0.717, 1.165) is 12.1 Å². The van der Waals surface area contributed by atoms with Gasteiger partial charge < -0.3 is 19.3 Å². The predicted octanol–water partition coefficient (Wildman–Crippen LogP) is 2.00. The van der Waals surface area contributed by atoms with Crippen molar-refractivity contribution in [3.63, 3.8) is 0 Å². The molecule has 2 heterocycles. The number of sulfonamides is 1. The Balaban J connectivity index is 1.37. The van der Waals surface area contributed by atoms with Gasteiger partial charge in [-0.2, -0.15) is 4.72 Å². The zero-order valence-corrected chi connectivity index (χ0v) is 18.6.